The monoisotopic (exact) mass is 548 g/mol. The van der Waals surface area contributed by atoms with Crippen molar-refractivity contribution in [1.82, 2.24) is 15.2 Å². The molecule has 1 aromatic heterocycles. The molecule has 3 N–H and O–H groups in total. The molecule has 1 fully saturated rings. The summed E-state index contributed by atoms with van der Waals surface area (Å²) in [6.07, 6.45) is 2.72. The number of methoxy groups -OCH3 is 1. The van der Waals surface area contributed by atoms with E-state index in [0.717, 1.165) is 11.1 Å². The van der Waals surface area contributed by atoms with Gasteiger partial charge in [-0.3, -0.25) is 14.6 Å². The molecule has 11 heteroatoms. The summed E-state index contributed by atoms with van der Waals surface area (Å²) in [5.74, 6) is -0.305. The fourth-order valence-electron chi connectivity index (χ4n) is 4.06. The van der Waals surface area contributed by atoms with Crippen molar-refractivity contribution in [3.8, 4) is 5.75 Å². The Morgan fingerprint density at radius 2 is 1.74 bits per heavy atom. The SMILES string of the molecule is COc1ccc(C[C@H](NC(=O)c2ccc(CN)cn2)C(=O)N2CCC(OCC(=O)OC(C)C)CC2)cc1.Cl. The average Bonchev–Trinajstić information content (AvgIpc) is 2.91. The van der Waals surface area contributed by atoms with E-state index in [4.69, 9.17) is 19.9 Å². The van der Waals surface area contributed by atoms with E-state index in [9.17, 15) is 14.4 Å². The van der Waals surface area contributed by atoms with Gasteiger partial charge in [-0.1, -0.05) is 18.2 Å². The van der Waals surface area contributed by atoms with E-state index < -0.39 is 17.9 Å². The van der Waals surface area contributed by atoms with E-state index in [0.29, 0.717) is 44.6 Å². The fraction of sp³-hybridized carbons (Fsp3) is 0.481. The first-order valence-electron chi connectivity index (χ1n) is 12.5. The molecule has 0 aliphatic carbocycles. The molecule has 1 saturated heterocycles. The third kappa shape index (κ3) is 9.27. The van der Waals surface area contributed by atoms with E-state index in [-0.39, 0.29) is 42.8 Å². The highest BCUT2D eigenvalue weighted by Gasteiger charge is 2.30. The van der Waals surface area contributed by atoms with Gasteiger partial charge in [0.1, 0.15) is 24.1 Å². The van der Waals surface area contributed by atoms with Crippen LogP contribution in [0.5, 0.6) is 5.75 Å². The zero-order valence-electron chi connectivity index (χ0n) is 22.1. The molecule has 1 aliphatic heterocycles. The van der Waals surface area contributed by atoms with Gasteiger partial charge < -0.3 is 30.2 Å². The topological polar surface area (TPSA) is 133 Å². The van der Waals surface area contributed by atoms with E-state index >= 15 is 0 Å². The highest BCUT2D eigenvalue weighted by Crippen LogP contribution is 2.18. The molecule has 38 heavy (non-hydrogen) atoms. The Labute approximate surface area is 229 Å². The molecule has 0 unspecified atom stereocenters. The number of likely N-dealkylation sites (tertiary alicyclic amines) is 1. The normalized spacial score (nSPS) is 14.4. The average molecular weight is 549 g/mol. The molecular formula is C27H37ClN4O6. The second-order valence-electron chi connectivity index (χ2n) is 9.21. The van der Waals surface area contributed by atoms with Gasteiger partial charge in [0.25, 0.3) is 5.91 Å². The zero-order chi connectivity index (χ0) is 26.8. The smallest absolute Gasteiger partial charge is 0.332 e. The molecule has 2 aromatic rings. The summed E-state index contributed by atoms with van der Waals surface area (Å²) in [4.78, 5) is 44.1. The highest BCUT2D eigenvalue weighted by atomic mass is 35.5. The number of halogens is 1. The van der Waals surface area contributed by atoms with Crippen molar-refractivity contribution >= 4 is 30.2 Å². The molecule has 0 radical (unpaired) electrons. The van der Waals surface area contributed by atoms with Crippen LogP contribution >= 0.6 is 12.4 Å². The molecule has 1 aromatic carbocycles. The number of hydrogen-bond acceptors (Lipinski definition) is 8. The number of benzene rings is 1. The predicted molar refractivity (Wildman–Crippen MR) is 144 cm³/mol. The van der Waals surface area contributed by atoms with Gasteiger partial charge in [0, 0.05) is 32.3 Å². The molecule has 3 rings (SSSR count). The summed E-state index contributed by atoms with van der Waals surface area (Å²) in [6.45, 7) is 4.71. The summed E-state index contributed by atoms with van der Waals surface area (Å²) in [5, 5.41) is 2.87. The second-order valence-corrected chi connectivity index (χ2v) is 9.21. The van der Waals surface area contributed by atoms with Gasteiger partial charge in [0.2, 0.25) is 5.91 Å². The first kappa shape index (κ1) is 31.0. The Balaban J connectivity index is 0.00000507. The van der Waals surface area contributed by atoms with Gasteiger partial charge in [-0.25, -0.2) is 4.79 Å². The second kappa shape index (κ2) is 15.3. The minimum Gasteiger partial charge on any atom is -0.497 e. The molecular weight excluding hydrogens is 512 g/mol. The Bertz CT molecular complexity index is 1040. The number of nitrogens with zero attached hydrogens (tertiary/aromatic N) is 2. The molecule has 208 valence electrons. The maximum absolute atomic E-state index is 13.5. The number of nitrogens with one attached hydrogen (secondary N) is 1. The van der Waals surface area contributed by atoms with Crippen molar-refractivity contribution in [2.24, 2.45) is 5.73 Å². The standard InChI is InChI=1S/C27H36N4O6.ClH/c1-18(2)37-25(32)17-36-22-10-12-31(13-11-22)27(34)24(14-19-4-7-21(35-3)8-5-19)30-26(33)23-9-6-20(15-28)16-29-23;/h4-9,16,18,22,24H,10-15,17,28H2,1-3H3,(H,30,33);1H/t24-;/m0./s1. The number of hydrogen-bond donors (Lipinski definition) is 2. The van der Waals surface area contributed by atoms with Crippen LogP contribution in [-0.4, -0.2) is 72.7 Å². The summed E-state index contributed by atoms with van der Waals surface area (Å²) in [5.41, 5.74) is 7.52. The number of amides is 2. The molecule has 2 amide bonds. The van der Waals surface area contributed by atoms with Crippen molar-refractivity contribution in [2.45, 2.75) is 57.9 Å². The zero-order valence-corrected chi connectivity index (χ0v) is 22.9. The first-order chi connectivity index (χ1) is 17.8. The molecule has 1 atom stereocenters. The van der Waals surface area contributed by atoms with Gasteiger partial charge in [0.05, 0.1) is 19.3 Å². The van der Waals surface area contributed by atoms with E-state index in [1.807, 2.05) is 24.3 Å². The van der Waals surface area contributed by atoms with Gasteiger partial charge in [0.15, 0.2) is 0 Å². The quantitative estimate of drug-likeness (QED) is 0.409. The number of nitrogens with two attached hydrogens (primary N) is 1. The van der Waals surface area contributed by atoms with Crippen molar-refractivity contribution < 1.29 is 28.6 Å². The summed E-state index contributed by atoms with van der Waals surface area (Å²) >= 11 is 0. The van der Waals surface area contributed by atoms with Gasteiger partial charge in [-0.15, -0.1) is 12.4 Å². The molecule has 10 nitrogen and oxygen atoms in total. The Kier molecular flexibility index (Phi) is 12.5. The number of rotatable bonds is 11. The van der Waals surface area contributed by atoms with Crippen molar-refractivity contribution in [1.29, 1.82) is 0 Å². The Morgan fingerprint density at radius 3 is 2.29 bits per heavy atom. The maximum atomic E-state index is 13.5. The van der Waals surface area contributed by atoms with Crippen LogP contribution in [0.25, 0.3) is 0 Å². The number of esters is 1. The molecule has 1 aliphatic rings. The van der Waals surface area contributed by atoms with Crippen molar-refractivity contribution in [3.05, 3.63) is 59.4 Å². The minimum absolute atomic E-state index is 0. The summed E-state index contributed by atoms with van der Waals surface area (Å²) < 4.78 is 16.0. The van der Waals surface area contributed by atoms with Gasteiger partial charge in [-0.2, -0.15) is 0 Å². The lowest BCUT2D eigenvalue weighted by atomic mass is 10.0. The molecule has 0 spiro atoms. The highest BCUT2D eigenvalue weighted by molar-refractivity contribution is 5.96. The van der Waals surface area contributed by atoms with E-state index in [1.54, 1.807) is 44.2 Å². The van der Waals surface area contributed by atoms with Crippen LogP contribution in [-0.2, 0) is 32.0 Å². The van der Waals surface area contributed by atoms with Gasteiger partial charge in [-0.05, 0) is 56.0 Å². The largest absolute Gasteiger partial charge is 0.497 e. The Hall–Kier alpha value is -3.21. The lowest BCUT2D eigenvalue weighted by molar-refractivity contribution is -0.156. The van der Waals surface area contributed by atoms with Gasteiger partial charge >= 0.3 is 5.97 Å². The van der Waals surface area contributed by atoms with E-state index in [1.165, 1.54) is 0 Å². The van der Waals surface area contributed by atoms with Crippen LogP contribution in [0.2, 0.25) is 0 Å². The molecule has 0 bridgehead atoms. The molecule has 2 heterocycles. The first-order valence-corrected chi connectivity index (χ1v) is 12.5. The van der Waals surface area contributed by atoms with Crippen LogP contribution in [0, 0.1) is 0 Å². The minimum atomic E-state index is -0.782. The third-order valence-electron chi connectivity index (χ3n) is 6.05. The van der Waals surface area contributed by atoms with Crippen LogP contribution in [0.4, 0.5) is 0 Å². The van der Waals surface area contributed by atoms with Crippen molar-refractivity contribution in [2.75, 3.05) is 26.8 Å². The fourth-order valence-corrected chi connectivity index (χ4v) is 4.06. The number of carbonyl (C=O) groups is 3. The van der Waals surface area contributed by atoms with Crippen LogP contribution in [0.15, 0.2) is 42.6 Å². The molecule has 0 saturated carbocycles. The van der Waals surface area contributed by atoms with Crippen LogP contribution < -0.4 is 15.8 Å². The number of carbonyl (C=O) groups excluding carboxylic acids is 3. The lowest BCUT2D eigenvalue weighted by Gasteiger charge is -2.34. The lowest BCUT2D eigenvalue weighted by Crippen LogP contribution is -2.52. The third-order valence-corrected chi connectivity index (χ3v) is 6.05. The number of pyridine rings is 1. The number of aromatic nitrogens is 1. The van der Waals surface area contributed by atoms with Crippen LogP contribution in [0.3, 0.4) is 0 Å². The number of ether oxygens (including phenoxy) is 3. The maximum Gasteiger partial charge on any atom is 0.332 e. The van der Waals surface area contributed by atoms with Crippen molar-refractivity contribution in [3.63, 3.8) is 0 Å². The predicted octanol–water partition coefficient (Wildman–Crippen LogP) is 2.27. The van der Waals surface area contributed by atoms with E-state index in [2.05, 4.69) is 10.3 Å². The summed E-state index contributed by atoms with van der Waals surface area (Å²) in [7, 11) is 1.59. The number of piperidine rings is 1. The summed E-state index contributed by atoms with van der Waals surface area (Å²) in [6, 6.07) is 9.93. The Morgan fingerprint density at radius 1 is 1.08 bits per heavy atom. The van der Waals surface area contributed by atoms with Crippen LogP contribution in [0.1, 0.15) is 48.3 Å².